The van der Waals surface area contributed by atoms with Gasteiger partial charge in [0, 0.05) is 13.1 Å². The summed E-state index contributed by atoms with van der Waals surface area (Å²) < 4.78 is 4.75. The second kappa shape index (κ2) is 12.5. The number of carbonyl (C=O) groups is 4. The topological polar surface area (TPSA) is 172 Å². The number of hydrogen-bond donors (Lipinski definition) is 4. The summed E-state index contributed by atoms with van der Waals surface area (Å²) >= 11 is 0. The van der Waals surface area contributed by atoms with Gasteiger partial charge in [-0.25, -0.2) is 9.69 Å². The minimum atomic E-state index is -1.07. The number of carbonyl (C=O) groups excluding carboxylic acids is 4. The summed E-state index contributed by atoms with van der Waals surface area (Å²) in [6.07, 6.45) is 1.31. The maximum atomic E-state index is 13.3. The first-order valence-corrected chi connectivity index (χ1v) is 10.8. The molecule has 1 aromatic rings. The number of nitrogens with two attached hydrogens (primary N) is 2. The van der Waals surface area contributed by atoms with Crippen LogP contribution in [0.1, 0.15) is 31.2 Å². The van der Waals surface area contributed by atoms with Crippen molar-refractivity contribution < 1.29 is 23.9 Å². The van der Waals surface area contributed by atoms with Gasteiger partial charge >= 0.3 is 6.09 Å². The molecule has 0 spiro atoms. The van der Waals surface area contributed by atoms with Gasteiger partial charge in [0.25, 0.3) is 5.91 Å². The van der Waals surface area contributed by atoms with E-state index in [1.54, 1.807) is 0 Å². The molecule has 0 aromatic heterocycles. The zero-order chi connectivity index (χ0) is 24.4. The summed E-state index contributed by atoms with van der Waals surface area (Å²) in [5.41, 5.74) is 12.3. The minimum absolute atomic E-state index is 0.152. The molecule has 180 valence electrons. The molecule has 6 N–H and O–H groups in total. The van der Waals surface area contributed by atoms with Crippen LogP contribution in [0.25, 0.3) is 0 Å². The van der Waals surface area contributed by atoms with E-state index in [0.717, 1.165) is 17.6 Å². The molecule has 1 aliphatic heterocycles. The van der Waals surface area contributed by atoms with Gasteiger partial charge in [-0.2, -0.15) is 0 Å². The molecule has 1 aliphatic rings. The van der Waals surface area contributed by atoms with Crippen molar-refractivity contribution in [3.05, 3.63) is 35.9 Å². The average molecular weight is 461 g/mol. The first-order valence-electron chi connectivity index (χ1n) is 10.8. The minimum Gasteiger partial charge on any atom is -0.452 e. The molecule has 0 bridgehead atoms. The second-order valence-corrected chi connectivity index (χ2v) is 7.85. The molecular weight excluding hydrogens is 428 g/mol. The van der Waals surface area contributed by atoms with Crippen molar-refractivity contribution in [1.82, 2.24) is 15.1 Å². The Morgan fingerprint density at radius 2 is 2.03 bits per heavy atom. The van der Waals surface area contributed by atoms with Crippen LogP contribution in [0, 0.1) is 5.41 Å². The number of rotatable bonds is 10. The summed E-state index contributed by atoms with van der Waals surface area (Å²) in [7, 11) is 1.12. The third-order valence-corrected chi connectivity index (χ3v) is 5.53. The molecule has 2 rings (SSSR count). The Hall–Kier alpha value is -3.47. The fraction of sp³-hybridized carbons (Fsp3) is 0.500. The molecule has 33 heavy (non-hydrogen) atoms. The lowest BCUT2D eigenvalue weighted by molar-refractivity contribution is -0.145. The van der Waals surface area contributed by atoms with Crippen molar-refractivity contribution in [3.8, 4) is 0 Å². The summed E-state index contributed by atoms with van der Waals surface area (Å²) in [5.74, 6) is -1.27. The Bertz CT molecular complexity index is 849. The van der Waals surface area contributed by atoms with Crippen molar-refractivity contribution in [2.24, 2.45) is 11.5 Å². The van der Waals surface area contributed by atoms with Gasteiger partial charge in [0.15, 0.2) is 5.96 Å². The number of benzene rings is 1. The van der Waals surface area contributed by atoms with Gasteiger partial charge < -0.3 is 31.2 Å². The van der Waals surface area contributed by atoms with Gasteiger partial charge in [0.2, 0.25) is 5.91 Å². The molecule has 11 nitrogen and oxygen atoms in total. The zero-order valence-corrected chi connectivity index (χ0v) is 18.7. The van der Waals surface area contributed by atoms with Crippen LogP contribution in [0.3, 0.4) is 0 Å². The predicted octanol–water partition coefficient (Wildman–Crippen LogP) is -0.0268. The first-order chi connectivity index (χ1) is 15.8. The number of nitrogens with zero attached hydrogens (tertiary/aromatic N) is 2. The van der Waals surface area contributed by atoms with E-state index in [0.29, 0.717) is 45.1 Å². The summed E-state index contributed by atoms with van der Waals surface area (Å²) in [6.45, 7) is 0.631. The lowest BCUT2D eigenvalue weighted by atomic mass is 10.0. The number of methoxy groups -OCH3 is 1. The highest BCUT2D eigenvalue weighted by Crippen LogP contribution is 2.23. The maximum absolute atomic E-state index is 13.3. The number of nitrogens with one attached hydrogen (secondary N) is 2. The van der Waals surface area contributed by atoms with Crippen LogP contribution in [0.2, 0.25) is 0 Å². The fourth-order valence-electron chi connectivity index (χ4n) is 3.90. The summed E-state index contributed by atoms with van der Waals surface area (Å²) in [6, 6.07) is 6.50. The van der Waals surface area contributed by atoms with E-state index in [1.165, 1.54) is 4.90 Å². The SMILES string of the molecule is COC(=O)N(C(=O)[C@@H]1CCCN1C(=O)[C@H](N)Cc1ccccc1)[C@H](C=O)CCCNC(=N)N. The van der Waals surface area contributed by atoms with Gasteiger partial charge in [-0.15, -0.1) is 0 Å². The lowest BCUT2D eigenvalue weighted by Crippen LogP contribution is -2.56. The van der Waals surface area contributed by atoms with E-state index in [-0.39, 0.29) is 18.3 Å². The molecule has 0 unspecified atom stereocenters. The number of likely N-dealkylation sites (tertiary alicyclic amines) is 1. The van der Waals surface area contributed by atoms with Gasteiger partial charge in [0.1, 0.15) is 12.3 Å². The van der Waals surface area contributed by atoms with Crippen molar-refractivity contribution >= 4 is 30.2 Å². The van der Waals surface area contributed by atoms with Gasteiger partial charge in [-0.05, 0) is 37.7 Å². The van der Waals surface area contributed by atoms with Crippen molar-refractivity contribution in [3.63, 3.8) is 0 Å². The van der Waals surface area contributed by atoms with E-state index in [1.807, 2.05) is 30.3 Å². The molecule has 0 aliphatic carbocycles. The first kappa shape index (κ1) is 25.8. The normalized spacial score (nSPS) is 17.0. The molecule has 1 aromatic carbocycles. The second-order valence-electron chi connectivity index (χ2n) is 7.85. The number of ether oxygens (including phenoxy) is 1. The van der Waals surface area contributed by atoms with Crippen molar-refractivity contribution in [2.45, 2.75) is 50.2 Å². The molecular formula is C22H32N6O5. The quantitative estimate of drug-likeness (QED) is 0.163. The highest BCUT2D eigenvalue weighted by molar-refractivity contribution is 5.99. The monoisotopic (exact) mass is 460 g/mol. The van der Waals surface area contributed by atoms with Crippen LogP contribution in [0.5, 0.6) is 0 Å². The number of imide groups is 1. The molecule has 1 fully saturated rings. The lowest BCUT2D eigenvalue weighted by Gasteiger charge is -2.32. The van der Waals surface area contributed by atoms with E-state index >= 15 is 0 Å². The zero-order valence-electron chi connectivity index (χ0n) is 18.7. The van der Waals surface area contributed by atoms with Crippen molar-refractivity contribution in [2.75, 3.05) is 20.2 Å². The molecule has 1 heterocycles. The Morgan fingerprint density at radius 3 is 2.64 bits per heavy atom. The molecule has 0 saturated carbocycles. The van der Waals surface area contributed by atoms with Crippen LogP contribution in [-0.2, 0) is 25.5 Å². The van der Waals surface area contributed by atoms with Crippen LogP contribution in [0.4, 0.5) is 4.79 Å². The smallest absolute Gasteiger partial charge is 0.416 e. The third kappa shape index (κ3) is 7.01. The summed E-state index contributed by atoms with van der Waals surface area (Å²) in [4.78, 5) is 52.7. The molecule has 3 amide bonds. The van der Waals surface area contributed by atoms with Gasteiger partial charge in [-0.1, -0.05) is 30.3 Å². The maximum Gasteiger partial charge on any atom is 0.416 e. The Kier molecular flexibility index (Phi) is 9.80. The molecule has 0 radical (unpaired) electrons. The number of aldehydes is 1. The predicted molar refractivity (Wildman–Crippen MR) is 121 cm³/mol. The van der Waals surface area contributed by atoms with Crippen molar-refractivity contribution in [1.29, 1.82) is 5.41 Å². The van der Waals surface area contributed by atoms with E-state index < -0.39 is 30.1 Å². The van der Waals surface area contributed by atoms with Crippen LogP contribution >= 0.6 is 0 Å². The number of amides is 3. The van der Waals surface area contributed by atoms with Crippen LogP contribution in [0.15, 0.2) is 30.3 Å². The number of hydrogen-bond acceptors (Lipinski definition) is 7. The van der Waals surface area contributed by atoms with Gasteiger partial charge in [-0.3, -0.25) is 15.0 Å². The Balaban J connectivity index is 2.13. The Labute approximate surface area is 192 Å². The third-order valence-electron chi connectivity index (χ3n) is 5.53. The van der Waals surface area contributed by atoms with E-state index in [2.05, 4.69) is 5.32 Å². The molecule has 3 atom stereocenters. The summed E-state index contributed by atoms with van der Waals surface area (Å²) in [5, 5.41) is 9.77. The standard InChI is InChI=1S/C22H32N6O5/c1-33-22(32)28(16(14-29)9-5-11-26-21(24)25)20(31)18-10-6-12-27(18)19(30)17(23)13-15-7-3-2-4-8-15/h2-4,7-8,14,16-18H,5-6,9-13,23H2,1H3,(H4,24,25,26)/t16-,17+,18-/m0/s1. The highest BCUT2D eigenvalue weighted by atomic mass is 16.5. The Morgan fingerprint density at radius 1 is 1.33 bits per heavy atom. The molecule has 1 saturated heterocycles. The number of guanidine groups is 1. The average Bonchev–Trinajstić information content (AvgIpc) is 3.30. The van der Waals surface area contributed by atoms with E-state index in [4.69, 9.17) is 21.6 Å². The largest absolute Gasteiger partial charge is 0.452 e. The van der Waals surface area contributed by atoms with Gasteiger partial charge in [0.05, 0.1) is 19.2 Å². The fourth-order valence-corrected chi connectivity index (χ4v) is 3.90. The van der Waals surface area contributed by atoms with E-state index in [9.17, 15) is 19.2 Å². The van der Waals surface area contributed by atoms with Crippen LogP contribution < -0.4 is 16.8 Å². The molecule has 11 heteroatoms. The van der Waals surface area contributed by atoms with Crippen LogP contribution in [-0.4, -0.2) is 78.3 Å². The highest BCUT2D eigenvalue weighted by Gasteiger charge is 2.42.